The van der Waals surface area contributed by atoms with Crippen LogP contribution in [0.15, 0.2) is 57.0 Å². The summed E-state index contributed by atoms with van der Waals surface area (Å²) in [7, 11) is -3.30. The van der Waals surface area contributed by atoms with Crippen molar-refractivity contribution in [2.45, 2.75) is 23.5 Å². The van der Waals surface area contributed by atoms with Gasteiger partial charge in [0.15, 0.2) is 15.4 Å². The number of carbonyl (C=O) groups is 1. The molecule has 28 heavy (non-hydrogen) atoms. The van der Waals surface area contributed by atoms with Crippen LogP contribution in [-0.4, -0.2) is 37.4 Å². The number of sulfone groups is 1. The zero-order chi connectivity index (χ0) is 20.1. The molecule has 0 fully saturated rings. The molecule has 148 valence electrons. The van der Waals surface area contributed by atoms with Crippen molar-refractivity contribution < 1.29 is 17.6 Å². The van der Waals surface area contributed by atoms with Crippen LogP contribution in [0.3, 0.4) is 0 Å². The van der Waals surface area contributed by atoms with E-state index in [1.807, 2.05) is 24.3 Å². The molecule has 1 heterocycles. The van der Waals surface area contributed by atoms with Crippen LogP contribution in [0.1, 0.15) is 12.5 Å². The van der Waals surface area contributed by atoms with Gasteiger partial charge in [0.25, 0.3) is 5.22 Å². The fourth-order valence-corrected chi connectivity index (χ4v) is 4.18. The van der Waals surface area contributed by atoms with Gasteiger partial charge in [-0.15, -0.1) is 0 Å². The van der Waals surface area contributed by atoms with Crippen LogP contribution >= 0.6 is 23.4 Å². The highest BCUT2D eigenvalue weighted by Crippen LogP contribution is 2.25. The number of oxazole rings is 1. The van der Waals surface area contributed by atoms with Gasteiger partial charge < -0.3 is 9.73 Å². The Labute approximate surface area is 172 Å². The summed E-state index contributed by atoms with van der Waals surface area (Å²) >= 11 is 7.01. The quantitative estimate of drug-likeness (QED) is 0.539. The van der Waals surface area contributed by atoms with Gasteiger partial charge >= 0.3 is 0 Å². The van der Waals surface area contributed by atoms with E-state index < -0.39 is 9.84 Å². The summed E-state index contributed by atoms with van der Waals surface area (Å²) in [6.45, 7) is 2.11. The molecular weight excluding hydrogens is 420 g/mol. The molecule has 0 aliphatic heterocycles. The molecule has 0 saturated heterocycles. The van der Waals surface area contributed by atoms with E-state index in [9.17, 15) is 13.2 Å². The van der Waals surface area contributed by atoms with E-state index in [1.165, 1.54) is 12.1 Å². The minimum Gasteiger partial charge on any atom is -0.431 e. The van der Waals surface area contributed by atoms with Gasteiger partial charge in [-0.3, -0.25) is 4.79 Å². The molecule has 1 N–H and O–H groups in total. The smallest absolute Gasteiger partial charge is 0.257 e. The molecule has 6 nitrogen and oxygen atoms in total. The summed E-state index contributed by atoms with van der Waals surface area (Å²) in [5.41, 5.74) is 2.04. The number of nitrogens with one attached hydrogen (secondary N) is 1. The molecule has 0 spiro atoms. The topological polar surface area (TPSA) is 89.3 Å². The van der Waals surface area contributed by atoms with Crippen LogP contribution in [-0.2, 0) is 21.1 Å². The number of aromatic nitrogens is 1. The fourth-order valence-electron chi connectivity index (χ4n) is 2.48. The normalized spacial score (nSPS) is 11.6. The highest BCUT2D eigenvalue weighted by molar-refractivity contribution is 7.99. The minimum atomic E-state index is -3.30. The van der Waals surface area contributed by atoms with Crippen molar-refractivity contribution in [2.24, 2.45) is 0 Å². The maximum atomic E-state index is 12.0. The van der Waals surface area contributed by atoms with Crippen molar-refractivity contribution in [1.29, 1.82) is 0 Å². The lowest BCUT2D eigenvalue weighted by atomic mass is 10.1. The van der Waals surface area contributed by atoms with Crippen LogP contribution in [0.25, 0.3) is 11.1 Å². The van der Waals surface area contributed by atoms with Gasteiger partial charge in [0.2, 0.25) is 5.91 Å². The Kier molecular flexibility index (Phi) is 6.64. The zero-order valence-corrected chi connectivity index (χ0v) is 17.5. The van der Waals surface area contributed by atoms with E-state index in [-0.39, 0.29) is 22.3 Å². The highest BCUT2D eigenvalue weighted by Gasteiger charge is 2.15. The molecule has 1 aromatic heterocycles. The van der Waals surface area contributed by atoms with Crippen LogP contribution in [0, 0.1) is 0 Å². The first-order valence-electron chi connectivity index (χ1n) is 8.64. The molecule has 0 aliphatic rings. The lowest BCUT2D eigenvalue weighted by molar-refractivity contribution is -0.118. The lowest BCUT2D eigenvalue weighted by Gasteiger charge is -2.04. The van der Waals surface area contributed by atoms with E-state index in [0.717, 1.165) is 17.3 Å². The molecule has 0 bridgehead atoms. The first kappa shape index (κ1) is 20.7. The van der Waals surface area contributed by atoms with Crippen LogP contribution in [0.5, 0.6) is 0 Å². The predicted molar refractivity (Wildman–Crippen MR) is 111 cm³/mol. The molecule has 2 aromatic carbocycles. The molecule has 0 aliphatic carbocycles. The largest absolute Gasteiger partial charge is 0.431 e. The van der Waals surface area contributed by atoms with E-state index in [2.05, 4.69) is 10.3 Å². The third-order valence-corrected chi connectivity index (χ3v) is 6.87. The van der Waals surface area contributed by atoms with Gasteiger partial charge in [-0.2, -0.15) is 0 Å². The van der Waals surface area contributed by atoms with E-state index in [1.54, 1.807) is 13.0 Å². The summed E-state index contributed by atoms with van der Waals surface area (Å²) in [5, 5.41) is 3.85. The monoisotopic (exact) mass is 438 g/mol. The van der Waals surface area contributed by atoms with Gasteiger partial charge in [-0.1, -0.05) is 42.4 Å². The maximum absolute atomic E-state index is 12.0. The van der Waals surface area contributed by atoms with Crippen molar-refractivity contribution in [2.75, 3.05) is 18.1 Å². The Hall–Kier alpha value is -2.03. The Bertz CT molecular complexity index is 1080. The average Bonchev–Trinajstić information content (AvgIpc) is 3.10. The predicted octanol–water partition coefficient (Wildman–Crippen LogP) is 3.73. The molecule has 0 atom stereocenters. The number of amides is 1. The Morgan fingerprint density at radius 3 is 2.68 bits per heavy atom. The second-order valence-electron chi connectivity index (χ2n) is 6.03. The van der Waals surface area contributed by atoms with Crippen molar-refractivity contribution in [3.05, 3.63) is 53.1 Å². The molecule has 3 rings (SSSR count). The molecule has 0 radical (unpaired) electrons. The number of thioether (sulfide) groups is 1. The molecule has 0 unspecified atom stereocenters. The number of nitrogens with zero attached hydrogens (tertiary/aromatic N) is 1. The van der Waals surface area contributed by atoms with E-state index in [0.29, 0.717) is 34.3 Å². The Morgan fingerprint density at radius 1 is 1.21 bits per heavy atom. The van der Waals surface area contributed by atoms with Crippen molar-refractivity contribution in [3.8, 4) is 0 Å². The summed E-state index contributed by atoms with van der Waals surface area (Å²) in [5.74, 6) is 0.0531. The third-order valence-electron chi connectivity index (χ3n) is 4.05. The van der Waals surface area contributed by atoms with Crippen molar-refractivity contribution in [1.82, 2.24) is 10.3 Å². The maximum Gasteiger partial charge on any atom is 0.257 e. The minimum absolute atomic E-state index is 0.0220. The van der Waals surface area contributed by atoms with Crippen molar-refractivity contribution >= 4 is 50.2 Å². The Morgan fingerprint density at radius 2 is 1.96 bits per heavy atom. The van der Waals surface area contributed by atoms with Gasteiger partial charge in [-0.25, -0.2) is 13.4 Å². The molecule has 0 saturated carbocycles. The van der Waals surface area contributed by atoms with E-state index >= 15 is 0 Å². The second kappa shape index (κ2) is 8.98. The van der Waals surface area contributed by atoms with Gasteiger partial charge in [0, 0.05) is 11.6 Å². The first-order chi connectivity index (χ1) is 13.4. The number of carbonyl (C=O) groups excluding carboxylic acids is 1. The standard InChI is InChI=1S/C19H19ClN2O4S2/c1-2-28(24,25)15-7-8-17-16(11-15)22-19(26-17)27-12-18(23)21-10-9-13-3-5-14(20)6-4-13/h3-8,11H,2,9-10,12H2,1H3,(H,21,23). The van der Waals surface area contributed by atoms with Crippen molar-refractivity contribution in [3.63, 3.8) is 0 Å². The molecule has 3 aromatic rings. The highest BCUT2D eigenvalue weighted by atomic mass is 35.5. The average molecular weight is 439 g/mol. The van der Waals surface area contributed by atoms with Gasteiger partial charge in [-0.05, 0) is 42.3 Å². The number of fused-ring (bicyclic) bond motifs is 1. The lowest BCUT2D eigenvalue weighted by Crippen LogP contribution is -2.27. The first-order valence-corrected chi connectivity index (χ1v) is 11.7. The Balaban J connectivity index is 1.53. The second-order valence-corrected chi connectivity index (χ2v) is 9.67. The summed E-state index contributed by atoms with van der Waals surface area (Å²) in [6, 6.07) is 12.1. The van der Waals surface area contributed by atoms with Crippen LogP contribution < -0.4 is 5.32 Å². The summed E-state index contributed by atoms with van der Waals surface area (Å²) in [6.07, 6.45) is 0.713. The summed E-state index contributed by atoms with van der Waals surface area (Å²) < 4.78 is 29.5. The third kappa shape index (κ3) is 5.27. The number of rotatable bonds is 8. The van der Waals surface area contributed by atoms with Crippen LogP contribution in [0.4, 0.5) is 0 Å². The zero-order valence-electron chi connectivity index (χ0n) is 15.1. The molecule has 1 amide bonds. The number of hydrogen-bond acceptors (Lipinski definition) is 6. The number of halogens is 1. The SMILES string of the molecule is CCS(=O)(=O)c1ccc2oc(SCC(=O)NCCc3ccc(Cl)cc3)nc2c1. The molecule has 9 heteroatoms. The summed E-state index contributed by atoms with van der Waals surface area (Å²) in [4.78, 5) is 16.5. The number of hydrogen-bond donors (Lipinski definition) is 1. The van der Waals surface area contributed by atoms with Crippen LogP contribution in [0.2, 0.25) is 5.02 Å². The van der Waals surface area contributed by atoms with Gasteiger partial charge in [0.05, 0.1) is 16.4 Å². The number of benzene rings is 2. The van der Waals surface area contributed by atoms with Gasteiger partial charge in [0.1, 0.15) is 5.52 Å². The fraction of sp³-hybridized carbons (Fsp3) is 0.263. The van der Waals surface area contributed by atoms with E-state index in [4.69, 9.17) is 16.0 Å². The molecular formula is C19H19ClN2O4S2.